The SMILES string of the molecule is CCCc1ncc(-c2cc(C)no2)c(C2CCN(CC(=O)N3CCC(F)(F)CC3)CC2)n1. The van der Waals surface area contributed by atoms with Crippen LogP contribution in [0.25, 0.3) is 11.3 Å². The van der Waals surface area contributed by atoms with Gasteiger partial charge in [0.1, 0.15) is 5.82 Å². The van der Waals surface area contributed by atoms with Crippen molar-refractivity contribution in [2.24, 2.45) is 0 Å². The molecule has 0 N–H and O–H groups in total. The van der Waals surface area contributed by atoms with E-state index in [4.69, 9.17) is 9.51 Å². The van der Waals surface area contributed by atoms with E-state index in [1.807, 2.05) is 19.2 Å². The van der Waals surface area contributed by atoms with Crippen LogP contribution in [0.2, 0.25) is 0 Å². The van der Waals surface area contributed by atoms with Crippen molar-refractivity contribution in [3.63, 3.8) is 0 Å². The van der Waals surface area contributed by atoms with E-state index >= 15 is 0 Å². The standard InChI is InChI=1S/C23H31F2N5O2/c1-3-4-20-26-14-18(19-13-16(2)28-32-19)22(27-20)17-5-9-29(10-6-17)15-21(31)30-11-7-23(24,25)8-12-30/h13-14,17H,3-12,15H2,1-2H3. The van der Waals surface area contributed by atoms with E-state index in [-0.39, 0.29) is 44.3 Å². The number of piperidine rings is 2. The molecule has 4 rings (SSSR count). The Labute approximate surface area is 187 Å². The molecule has 174 valence electrons. The van der Waals surface area contributed by atoms with Gasteiger partial charge in [0, 0.05) is 50.5 Å². The van der Waals surface area contributed by atoms with Crippen LogP contribution in [0.5, 0.6) is 0 Å². The highest BCUT2D eigenvalue weighted by Gasteiger charge is 2.36. The lowest BCUT2D eigenvalue weighted by molar-refractivity contribution is -0.138. The first kappa shape index (κ1) is 22.8. The van der Waals surface area contributed by atoms with Crippen molar-refractivity contribution in [2.75, 3.05) is 32.7 Å². The first-order valence-corrected chi connectivity index (χ1v) is 11.5. The summed E-state index contributed by atoms with van der Waals surface area (Å²) in [4.78, 5) is 25.7. The number of hydrogen-bond donors (Lipinski definition) is 0. The number of alkyl halides is 2. The quantitative estimate of drug-likeness (QED) is 0.670. The minimum Gasteiger partial charge on any atom is -0.356 e. The maximum atomic E-state index is 13.4. The zero-order chi connectivity index (χ0) is 22.7. The maximum Gasteiger partial charge on any atom is 0.251 e. The van der Waals surface area contributed by atoms with Gasteiger partial charge in [0.05, 0.1) is 23.5 Å². The van der Waals surface area contributed by atoms with Gasteiger partial charge in [0.15, 0.2) is 5.76 Å². The van der Waals surface area contributed by atoms with E-state index in [0.717, 1.165) is 61.5 Å². The summed E-state index contributed by atoms with van der Waals surface area (Å²) in [5.74, 6) is -0.927. The highest BCUT2D eigenvalue weighted by molar-refractivity contribution is 5.78. The van der Waals surface area contributed by atoms with Crippen LogP contribution >= 0.6 is 0 Å². The fraction of sp³-hybridized carbons (Fsp3) is 0.652. The molecule has 1 amide bonds. The van der Waals surface area contributed by atoms with Gasteiger partial charge in [0.25, 0.3) is 5.92 Å². The molecule has 0 aromatic carbocycles. The second-order valence-corrected chi connectivity index (χ2v) is 8.95. The summed E-state index contributed by atoms with van der Waals surface area (Å²) in [5.41, 5.74) is 2.69. The van der Waals surface area contributed by atoms with Gasteiger partial charge in [-0.1, -0.05) is 12.1 Å². The Morgan fingerprint density at radius 1 is 1.22 bits per heavy atom. The molecule has 2 fully saturated rings. The number of aromatic nitrogens is 3. The molecule has 2 aliphatic rings. The summed E-state index contributed by atoms with van der Waals surface area (Å²) < 4.78 is 32.2. The van der Waals surface area contributed by atoms with Gasteiger partial charge in [0.2, 0.25) is 5.91 Å². The molecule has 32 heavy (non-hydrogen) atoms. The molecule has 4 heterocycles. The van der Waals surface area contributed by atoms with E-state index in [1.165, 1.54) is 0 Å². The van der Waals surface area contributed by atoms with E-state index in [0.29, 0.717) is 5.76 Å². The lowest BCUT2D eigenvalue weighted by Crippen LogP contribution is -2.48. The molecule has 2 aromatic rings. The van der Waals surface area contributed by atoms with Gasteiger partial charge in [-0.2, -0.15) is 0 Å². The third-order valence-corrected chi connectivity index (χ3v) is 6.42. The minimum atomic E-state index is -2.64. The summed E-state index contributed by atoms with van der Waals surface area (Å²) in [6.07, 6.45) is 4.91. The average Bonchev–Trinajstić information content (AvgIpc) is 3.20. The van der Waals surface area contributed by atoms with Gasteiger partial charge in [-0.25, -0.2) is 18.7 Å². The highest BCUT2D eigenvalue weighted by Crippen LogP contribution is 2.34. The third-order valence-electron chi connectivity index (χ3n) is 6.42. The van der Waals surface area contributed by atoms with Crippen LogP contribution in [0.3, 0.4) is 0 Å². The van der Waals surface area contributed by atoms with Crippen LogP contribution in [0, 0.1) is 6.92 Å². The zero-order valence-electron chi connectivity index (χ0n) is 18.8. The molecule has 9 heteroatoms. The number of rotatable bonds is 6. The normalized spacial score (nSPS) is 19.9. The van der Waals surface area contributed by atoms with Crippen LogP contribution < -0.4 is 0 Å². The molecule has 7 nitrogen and oxygen atoms in total. The molecular weight excluding hydrogens is 416 g/mol. The topological polar surface area (TPSA) is 75.4 Å². The number of carbonyl (C=O) groups excluding carboxylic acids is 1. The molecule has 2 aliphatic heterocycles. The number of carbonyl (C=O) groups is 1. The second-order valence-electron chi connectivity index (χ2n) is 8.95. The molecule has 0 bridgehead atoms. The number of nitrogens with zero attached hydrogens (tertiary/aromatic N) is 5. The summed E-state index contributed by atoms with van der Waals surface area (Å²) in [5, 5.41) is 4.01. The third kappa shape index (κ3) is 5.31. The Kier molecular flexibility index (Phi) is 6.83. The molecule has 0 aliphatic carbocycles. The van der Waals surface area contributed by atoms with E-state index < -0.39 is 5.92 Å². The van der Waals surface area contributed by atoms with Crippen LogP contribution in [-0.2, 0) is 11.2 Å². The van der Waals surface area contributed by atoms with Crippen molar-refractivity contribution in [1.29, 1.82) is 0 Å². The first-order chi connectivity index (χ1) is 15.3. The highest BCUT2D eigenvalue weighted by atomic mass is 19.3. The van der Waals surface area contributed by atoms with Gasteiger partial charge < -0.3 is 9.42 Å². The number of aryl methyl sites for hydroxylation is 2. The maximum absolute atomic E-state index is 13.4. The zero-order valence-corrected chi connectivity index (χ0v) is 18.8. The summed E-state index contributed by atoms with van der Waals surface area (Å²) >= 11 is 0. The predicted octanol–water partition coefficient (Wildman–Crippen LogP) is 3.83. The Balaban J connectivity index is 1.40. The van der Waals surface area contributed by atoms with Crippen molar-refractivity contribution >= 4 is 5.91 Å². The van der Waals surface area contributed by atoms with Crippen molar-refractivity contribution in [3.05, 3.63) is 29.5 Å². The Morgan fingerprint density at radius 3 is 2.56 bits per heavy atom. The molecular formula is C23H31F2N5O2. The molecule has 0 spiro atoms. The Hall–Kier alpha value is -2.42. The molecule has 0 unspecified atom stereocenters. The Morgan fingerprint density at radius 2 is 1.94 bits per heavy atom. The van der Waals surface area contributed by atoms with Crippen molar-refractivity contribution in [2.45, 2.75) is 64.2 Å². The molecule has 0 radical (unpaired) electrons. The van der Waals surface area contributed by atoms with Crippen molar-refractivity contribution < 1.29 is 18.1 Å². The van der Waals surface area contributed by atoms with Crippen LogP contribution in [0.4, 0.5) is 8.78 Å². The molecule has 0 atom stereocenters. The Bertz CT molecular complexity index is 930. The van der Waals surface area contributed by atoms with E-state index in [9.17, 15) is 13.6 Å². The largest absolute Gasteiger partial charge is 0.356 e. The lowest BCUT2D eigenvalue weighted by atomic mass is 9.90. The smallest absolute Gasteiger partial charge is 0.251 e. The van der Waals surface area contributed by atoms with Crippen molar-refractivity contribution in [3.8, 4) is 11.3 Å². The first-order valence-electron chi connectivity index (χ1n) is 11.5. The molecule has 2 aromatic heterocycles. The van der Waals surface area contributed by atoms with Gasteiger partial charge >= 0.3 is 0 Å². The van der Waals surface area contributed by atoms with Crippen LogP contribution in [0.1, 0.15) is 62.2 Å². The number of halogens is 2. The van der Waals surface area contributed by atoms with Crippen LogP contribution in [0.15, 0.2) is 16.8 Å². The number of amides is 1. The van der Waals surface area contributed by atoms with Crippen molar-refractivity contribution in [1.82, 2.24) is 24.9 Å². The summed E-state index contributed by atoms with van der Waals surface area (Å²) in [6, 6.07) is 1.90. The van der Waals surface area contributed by atoms with Gasteiger partial charge in [-0.15, -0.1) is 0 Å². The van der Waals surface area contributed by atoms with E-state index in [1.54, 1.807) is 4.90 Å². The van der Waals surface area contributed by atoms with Gasteiger partial charge in [-0.05, 0) is 39.3 Å². The molecule has 0 saturated carbocycles. The van der Waals surface area contributed by atoms with Gasteiger partial charge in [-0.3, -0.25) is 9.69 Å². The number of hydrogen-bond acceptors (Lipinski definition) is 6. The fourth-order valence-corrected chi connectivity index (χ4v) is 4.51. The minimum absolute atomic E-state index is 0.0518. The monoisotopic (exact) mass is 447 g/mol. The fourth-order valence-electron chi connectivity index (χ4n) is 4.51. The predicted molar refractivity (Wildman–Crippen MR) is 115 cm³/mol. The second kappa shape index (κ2) is 9.60. The van der Waals surface area contributed by atoms with Crippen LogP contribution in [-0.4, -0.2) is 69.5 Å². The average molecular weight is 448 g/mol. The lowest BCUT2D eigenvalue weighted by Gasteiger charge is -2.35. The summed E-state index contributed by atoms with van der Waals surface area (Å²) in [6.45, 7) is 6.10. The number of likely N-dealkylation sites (tertiary alicyclic amines) is 2. The summed E-state index contributed by atoms with van der Waals surface area (Å²) in [7, 11) is 0. The van der Waals surface area contributed by atoms with E-state index in [2.05, 4.69) is 22.0 Å². The molecule has 2 saturated heterocycles.